The summed E-state index contributed by atoms with van der Waals surface area (Å²) in [7, 11) is -4.33. The summed E-state index contributed by atoms with van der Waals surface area (Å²) < 4.78 is 22.0. The van der Waals surface area contributed by atoms with Gasteiger partial charge in [0.05, 0.1) is 25.4 Å². The first-order valence-electron chi connectivity index (χ1n) is 19.3. The van der Waals surface area contributed by atoms with Crippen molar-refractivity contribution < 1.29 is 28.4 Å². The maximum Gasteiger partial charge on any atom is 0.472 e. The minimum absolute atomic E-state index is 0.0740. The van der Waals surface area contributed by atoms with E-state index in [-0.39, 0.29) is 25.7 Å². The van der Waals surface area contributed by atoms with Crippen LogP contribution in [0.1, 0.15) is 162 Å². The van der Waals surface area contributed by atoms with E-state index in [1.807, 2.05) is 6.08 Å². The van der Waals surface area contributed by atoms with Gasteiger partial charge in [-0.1, -0.05) is 146 Å². The van der Waals surface area contributed by atoms with Gasteiger partial charge in [-0.3, -0.25) is 13.8 Å². The van der Waals surface area contributed by atoms with Crippen LogP contribution < -0.4 is 11.1 Å². The Hall–Kier alpha value is -1.54. The van der Waals surface area contributed by atoms with Gasteiger partial charge in [0, 0.05) is 13.0 Å². The molecular formula is C39H73N2O6P. The normalized spacial score (nSPS) is 14.9. The Kier molecular flexibility index (Phi) is 34.2. The minimum Gasteiger partial charge on any atom is -0.387 e. The molecule has 0 aromatic rings. The zero-order valence-corrected chi connectivity index (χ0v) is 31.6. The van der Waals surface area contributed by atoms with Gasteiger partial charge in [0.2, 0.25) is 5.91 Å². The van der Waals surface area contributed by atoms with E-state index < -0.39 is 20.0 Å². The number of hydrogen-bond donors (Lipinski definition) is 4. The fraction of sp³-hybridized carbons (Fsp3) is 0.769. The third kappa shape index (κ3) is 33.0. The van der Waals surface area contributed by atoms with Crippen LogP contribution in [0.15, 0.2) is 48.6 Å². The van der Waals surface area contributed by atoms with Gasteiger partial charge < -0.3 is 21.1 Å². The Morgan fingerprint density at radius 3 is 1.67 bits per heavy atom. The molecule has 0 aromatic carbocycles. The lowest BCUT2D eigenvalue weighted by Crippen LogP contribution is -2.45. The molecule has 0 aliphatic carbocycles. The molecule has 0 heterocycles. The monoisotopic (exact) mass is 697 g/mol. The molecule has 0 bridgehead atoms. The number of aliphatic hydroxyl groups excluding tert-OH is 1. The highest BCUT2D eigenvalue weighted by atomic mass is 31.2. The van der Waals surface area contributed by atoms with Crippen molar-refractivity contribution in [3.8, 4) is 0 Å². The third-order valence-electron chi connectivity index (χ3n) is 8.15. The maximum absolute atomic E-state index is 12.7. The quantitative estimate of drug-likeness (QED) is 0.0295. The number of nitrogens with one attached hydrogen (secondary N) is 1. The molecular weight excluding hydrogens is 623 g/mol. The van der Waals surface area contributed by atoms with Gasteiger partial charge in [-0.05, 0) is 57.8 Å². The van der Waals surface area contributed by atoms with Crippen LogP contribution in [0, 0.1) is 0 Å². The number of rotatable bonds is 35. The molecule has 3 unspecified atom stereocenters. The van der Waals surface area contributed by atoms with E-state index in [1.54, 1.807) is 6.08 Å². The number of aliphatic hydroxyl groups is 1. The van der Waals surface area contributed by atoms with Gasteiger partial charge in [-0.15, -0.1) is 0 Å². The highest BCUT2D eigenvalue weighted by molar-refractivity contribution is 7.47. The molecule has 0 aromatic heterocycles. The zero-order valence-electron chi connectivity index (χ0n) is 30.7. The highest BCUT2D eigenvalue weighted by Gasteiger charge is 2.26. The summed E-state index contributed by atoms with van der Waals surface area (Å²) in [5.41, 5.74) is 5.34. The summed E-state index contributed by atoms with van der Waals surface area (Å²) in [5.74, 6) is -0.212. The van der Waals surface area contributed by atoms with Crippen LogP contribution in [0.5, 0.6) is 0 Å². The van der Waals surface area contributed by atoms with Crippen LogP contribution in [0.2, 0.25) is 0 Å². The molecule has 280 valence electrons. The average Bonchev–Trinajstić information content (AvgIpc) is 3.07. The van der Waals surface area contributed by atoms with Crippen molar-refractivity contribution in [1.29, 1.82) is 0 Å². The van der Waals surface area contributed by atoms with Crippen LogP contribution in [0.3, 0.4) is 0 Å². The Balaban J connectivity index is 4.19. The van der Waals surface area contributed by atoms with E-state index in [0.29, 0.717) is 6.42 Å². The van der Waals surface area contributed by atoms with Crippen molar-refractivity contribution in [2.75, 3.05) is 19.8 Å². The summed E-state index contributed by atoms with van der Waals surface area (Å²) in [6.07, 6.45) is 41.7. The second-order valence-corrected chi connectivity index (χ2v) is 14.2. The molecule has 0 rings (SSSR count). The number of phosphoric acid groups is 1. The first-order valence-corrected chi connectivity index (χ1v) is 20.8. The fourth-order valence-electron chi connectivity index (χ4n) is 5.20. The molecule has 0 saturated heterocycles. The summed E-state index contributed by atoms with van der Waals surface area (Å²) in [5, 5.41) is 13.5. The number of nitrogens with two attached hydrogens (primary N) is 1. The number of allylic oxidation sites excluding steroid dienone is 7. The lowest BCUT2D eigenvalue weighted by molar-refractivity contribution is -0.123. The molecule has 9 heteroatoms. The predicted molar refractivity (Wildman–Crippen MR) is 203 cm³/mol. The molecule has 8 nitrogen and oxygen atoms in total. The van der Waals surface area contributed by atoms with E-state index in [1.165, 1.54) is 77.0 Å². The summed E-state index contributed by atoms with van der Waals surface area (Å²) in [4.78, 5) is 22.5. The highest BCUT2D eigenvalue weighted by Crippen LogP contribution is 2.43. The van der Waals surface area contributed by atoms with Crippen molar-refractivity contribution in [1.82, 2.24) is 5.32 Å². The van der Waals surface area contributed by atoms with E-state index in [4.69, 9.17) is 14.8 Å². The third-order valence-corrected chi connectivity index (χ3v) is 9.13. The van der Waals surface area contributed by atoms with Crippen molar-refractivity contribution in [2.45, 2.75) is 174 Å². The van der Waals surface area contributed by atoms with Crippen LogP contribution in [0.4, 0.5) is 0 Å². The molecule has 0 aliphatic heterocycles. The van der Waals surface area contributed by atoms with E-state index >= 15 is 0 Å². The molecule has 0 saturated carbocycles. The molecule has 1 amide bonds. The van der Waals surface area contributed by atoms with Crippen LogP contribution in [-0.4, -0.2) is 47.8 Å². The van der Waals surface area contributed by atoms with Gasteiger partial charge in [-0.25, -0.2) is 4.57 Å². The van der Waals surface area contributed by atoms with Crippen molar-refractivity contribution in [3.63, 3.8) is 0 Å². The molecule has 5 N–H and O–H groups in total. The molecule has 0 spiro atoms. The molecule has 3 atom stereocenters. The number of amides is 1. The summed E-state index contributed by atoms with van der Waals surface area (Å²) >= 11 is 0. The first-order chi connectivity index (χ1) is 23.4. The Morgan fingerprint density at radius 1 is 0.688 bits per heavy atom. The van der Waals surface area contributed by atoms with E-state index in [2.05, 4.69) is 55.6 Å². The smallest absolute Gasteiger partial charge is 0.387 e. The molecule has 0 fully saturated rings. The largest absolute Gasteiger partial charge is 0.472 e. The van der Waals surface area contributed by atoms with Gasteiger partial charge in [0.15, 0.2) is 0 Å². The number of carbonyl (C=O) groups is 1. The summed E-state index contributed by atoms with van der Waals surface area (Å²) in [6, 6.07) is -0.865. The molecule has 0 radical (unpaired) electrons. The van der Waals surface area contributed by atoms with Crippen molar-refractivity contribution in [2.24, 2.45) is 5.73 Å². The lowest BCUT2D eigenvalue weighted by Gasteiger charge is -2.23. The Bertz CT molecular complexity index is 892. The SMILES string of the molecule is CCCCCCC/C=C\C/C=C\C/C=C\CCCCCCCCC(=O)NC(COP(=O)(O)OCCN)C(O)/C=C/CCCCCCCC. The topological polar surface area (TPSA) is 131 Å². The number of hydrogen-bond acceptors (Lipinski definition) is 6. The standard InChI is InChI=1S/C39H73N2O6P/c1-3-5-7-9-11-13-14-15-16-17-18-19-20-21-22-23-24-25-27-29-31-33-39(43)41-37(36-47-48(44,45)46-35-34-40)38(42)32-30-28-26-12-10-8-6-4-2/h14-15,17-18,20-21,30,32,37-38,42H,3-13,16,19,22-29,31,33-36,40H2,1-2H3,(H,41,43)(H,44,45)/b15-14-,18-17-,21-20-,32-30+. The lowest BCUT2D eigenvalue weighted by atomic mass is 10.1. The Morgan fingerprint density at radius 2 is 1.15 bits per heavy atom. The number of phosphoric ester groups is 1. The number of carbonyl (C=O) groups excluding carboxylic acids is 1. The Labute approximate surface area is 294 Å². The maximum atomic E-state index is 12.7. The van der Waals surface area contributed by atoms with Gasteiger partial charge in [0.1, 0.15) is 0 Å². The van der Waals surface area contributed by atoms with Gasteiger partial charge >= 0.3 is 7.82 Å². The zero-order chi connectivity index (χ0) is 35.4. The average molecular weight is 697 g/mol. The van der Waals surface area contributed by atoms with E-state index in [0.717, 1.165) is 64.2 Å². The predicted octanol–water partition coefficient (Wildman–Crippen LogP) is 10.2. The fourth-order valence-corrected chi connectivity index (χ4v) is 5.95. The first kappa shape index (κ1) is 46.5. The van der Waals surface area contributed by atoms with Crippen LogP contribution in [-0.2, 0) is 18.4 Å². The van der Waals surface area contributed by atoms with Crippen molar-refractivity contribution >= 4 is 13.7 Å². The molecule has 48 heavy (non-hydrogen) atoms. The van der Waals surface area contributed by atoms with E-state index in [9.17, 15) is 19.4 Å². The van der Waals surface area contributed by atoms with Crippen LogP contribution >= 0.6 is 7.82 Å². The second kappa shape index (κ2) is 35.3. The summed E-state index contributed by atoms with van der Waals surface area (Å²) in [6.45, 7) is 4.04. The molecule has 0 aliphatic rings. The van der Waals surface area contributed by atoms with Crippen LogP contribution in [0.25, 0.3) is 0 Å². The van der Waals surface area contributed by atoms with Gasteiger partial charge in [0.25, 0.3) is 0 Å². The van der Waals surface area contributed by atoms with Gasteiger partial charge in [-0.2, -0.15) is 0 Å². The number of unbranched alkanes of at least 4 members (excludes halogenated alkanes) is 17. The van der Waals surface area contributed by atoms with Crippen molar-refractivity contribution in [3.05, 3.63) is 48.6 Å². The minimum atomic E-state index is -4.33. The second-order valence-electron chi connectivity index (χ2n) is 12.8.